The van der Waals surface area contributed by atoms with Gasteiger partial charge in [-0.2, -0.15) is 15.0 Å². The Balaban J connectivity index is 2.31. The average Bonchev–Trinajstić information content (AvgIpc) is 2.38. The Bertz CT molecular complexity index is 605. The van der Waals surface area contributed by atoms with Gasteiger partial charge in [0.05, 0.1) is 12.8 Å². The minimum Gasteiger partial charge on any atom is -0.495 e. The molecule has 0 aliphatic heterocycles. The zero-order valence-electron chi connectivity index (χ0n) is 11.6. The molecule has 0 saturated heterocycles. The lowest BCUT2D eigenvalue weighted by atomic mass is 10.2. The van der Waals surface area contributed by atoms with Gasteiger partial charge in [-0.3, -0.25) is 0 Å². The van der Waals surface area contributed by atoms with Crippen molar-refractivity contribution in [1.29, 1.82) is 0 Å². The molecule has 0 radical (unpaired) electrons. The molecule has 0 amide bonds. The van der Waals surface area contributed by atoms with Crippen molar-refractivity contribution in [2.45, 2.75) is 13.8 Å². The van der Waals surface area contributed by atoms with Crippen molar-refractivity contribution in [2.75, 3.05) is 24.3 Å². The maximum Gasteiger partial charge on any atom is 0.233 e. The van der Waals surface area contributed by atoms with Crippen LogP contribution >= 0.6 is 11.6 Å². The molecule has 0 saturated carbocycles. The molecular weight excluding hydrogens is 278 g/mol. The molecule has 0 aliphatic rings. The average molecular weight is 294 g/mol. The summed E-state index contributed by atoms with van der Waals surface area (Å²) in [5.41, 5.74) is 1.87. The molecule has 2 N–H and O–H groups in total. The van der Waals surface area contributed by atoms with Crippen molar-refractivity contribution in [3.63, 3.8) is 0 Å². The highest BCUT2D eigenvalue weighted by molar-refractivity contribution is 6.28. The standard InChI is InChI=1S/C13H16ClN5O/c1-4-15-12-17-11(14)18-13(19-12)16-9-7-8(2)5-6-10(9)20-3/h5-7H,4H2,1-3H3,(H2,15,16,17,18,19). The van der Waals surface area contributed by atoms with Crippen molar-refractivity contribution < 1.29 is 4.74 Å². The molecule has 0 atom stereocenters. The van der Waals surface area contributed by atoms with E-state index < -0.39 is 0 Å². The summed E-state index contributed by atoms with van der Waals surface area (Å²) in [7, 11) is 1.61. The van der Waals surface area contributed by atoms with Crippen LogP contribution in [-0.2, 0) is 0 Å². The number of benzene rings is 1. The fourth-order valence-electron chi connectivity index (χ4n) is 1.68. The fourth-order valence-corrected chi connectivity index (χ4v) is 1.84. The number of anilines is 3. The summed E-state index contributed by atoms with van der Waals surface area (Å²) in [5.74, 6) is 1.50. The van der Waals surface area contributed by atoms with E-state index in [9.17, 15) is 0 Å². The number of hydrogen-bond acceptors (Lipinski definition) is 6. The predicted molar refractivity (Wildman–Crippen MR) is 80.0 cm³/mol. The molecule has 0 spiro atoms. The number of methoxy groups -OCH3 is 1. The zero-order valence-corrected chi connectivity index (χ0v) is 12.3. The Hall–Kier alpha value is -2.08. The van der Waals surface area contributed by atoms with Gasteiger partial charge in [0.15, 0.2) is 0 Å². The van der Waals surface area contributed by atoms with Crippen LogP contribution in [0.4, 0.5) is 17.6 Å². The maximum absolute atomic E-state index is 5.88. The number of rotatable bonds is 5. The molecule has 2 rings (SSSR count). The molecule has 0 unspecified atom stereocenters. The molecule has 7 heteroatoms. The van der Waals surface area contributed by atoms with E-state index in [-0.39, 0.29) is 5.28 Å². The number of hydrogen-bond donors (Lipinski definition) is 2. The quantitative estimate of drug-likeness (QED) is 0.883. The molecule has 106 valence electrons. The zero-order chi connectivity index (χ0) is 14.5. The van der Waals surface area contributed by atoms with Crippen molar-refractivity contribution in [1.82, 2.24) is 15.0 Å². The van der Waals surface area contributed by atoms with Gasteiger partial charge in [0.25, 0.3) is 0 Å². The van der Waals surface area contributed by atoms with Gasteiger partial charge < -0.3 is 15.4 Å². The molecule has 6 nitrogen and oxygen atoms in total. The second kappa shape index (κ2) is 6.38. The Morgan fingerprint density at radius 2 is 1.95 bits per heavy atom. The first-order valence-corrected chi connectivity index (χ1v) is 6.57. The fraction of sp³-hybridized carbons (Fsp3) is 0.308. The van der Waals surface area contributed by atoms with Crippen LogP contribution in [0, 0.1) is 6.92 Å². The first-order valence-electron chi connectivity index (χ1n) is 6.19. The lowest BCUT2D eigenvalue weighted by Crippen LogP contribution is -2.07. The molecule has 0 bridgehead atoms. The third kappa shape index (κ3) is 3.48. The molecule has 1 aromatic carbocycles. The van der Waals surface area contributed by atoms with Crippen LogP contribution in [0.3, 0.4) is 0 Å². The van der Waals surface area contributed by atoms with Crippen molar-refractivity contribution in [3.8, 4) is 5.75 Å². The Morgan fingerprint density at radius 3 is 2.65 bits per heavy atom. The van der Waals surface area contributed by atoms with E-state index in [1.54, 1.807) is 7.11 Å². The SMILES string of the molecule is CCNc1nc(Cl)nc(Nc2cc(C)ccc2OC)n1. The third-order valence-electron chi connectivity index (χ3n) is 2.54. The number of ether oxygens (including phenoxy) is 1. The molecular formula is C13H16ClN5O. The summed E-state index contributed by atoms with van der Waals surface area (Å²) in [6.45, 7) is 4.65. The van der Waals surface area contributed by atoms with E-state index in [2.05, 4.69) is 25.6 Å². The van der Waals surface area contributed by atoms with Crippen LogP contribution in [0.5, 0.6) is 5.75 Å². The van der Waals surface area contributed by atoms with E-state index in [4.69, 9.17) is 16.3 Å². The molecule has 0 fully saturated rings. The highest BCUT2D eigenvalue weighted by Gasteiger charge is 2.08. The second-order valence-electron chi connectivity index (χ2n) is 4.11. The molecule has 20 heavy (non-hydrogen) atoms. The van der Waals surface area contributed by atoms with Crippen LogP contribution in [0.15, 0.2) is 18.2 Å². The lowest BCUT2D eigenvalue weighted by molar-refractivity contribution is 0.416. The van der Waals surface area contributed by atoms with Gasteiger partial charge in [0.1, 0.15) is 5.75 Å². The van der Waals surface area contributed by atoms with Crippen molar-refractivity contribution in [2.24, 2.45) is 0 Å². The second-order valence-corrected chi connectivity index (χ2v) is 4.45. The normalized spacial score (nSPS) is 10.2. The van der Waals surface area contributed by atoms with Crippen LogP contribution < -0.4 is 15.4 Å². The Kier molecular flexibility index (Phi) is 4.57. The maximum atomic E-state index is 5.88. The molecule has 1 aromatic heterocycles. The first-order chi connectivity index (χ1) is 9.62. The monoisotopic (exact) mass is 293 g/mol. The topological polar surface area (TPSA) is 72.0 Å². The minimum atomic E-state index is 0.130. The van der Waals surface area contributed by atoms with E-state index in [0.717, 1.165) is 11.3 Å². The van der Waals surface area contributed by atoms with E-state index in [1.165, 1.54) is 0 Å². The summed E-state index contributed by atoms with van der Waals surface area (Å²) in [4.78, 5) is 12.3. The summed E-state index contributed by atoms with van der Waals surface area (Å²) >= 11 is 5.88. The number of nitrogens with zero attached hydrogens (tertiary/aromatic N) is 3. The van der Waals surface area contributed by atoms with Gasteiger partial charge in [-0.15, -0.1) is 0 Å². The summed E-state index contributed by atoms with van der Waals surface area (Å²) in [6, 6.07) is 5.80. The van der Waals surface area contributed by atoms with Crippen molar-refractivity contribution >= 4 is 29.2 Å². The van der Waals surface area contributed by atoms with Crippen LogP contribution in [-0.4, -0.2) is 28.6 Å². The van der Waals surface area contributed by atoms with Gasteiger partial charge in [-0.05, 0) is 43.1 Å². The summed E-state index contributed by atoms with van der Waals surface area (Å²) in [6.07, 6.45) is 0. The third-order valence-corrected chi connectivity index (χ3v) is 2.71. The summed E-state index contributed by atoms with van der Waals surface area (Å²) < 4.78 is 5.30. The molecule has 0 aliphatic carbocycles. The molecule has 2 aromatic rings. The Morgan fingerprint density at radius 1 is 1.20 bits per heavy atom. The van der Waals surface area contributed by atoms with Gasteiger partial charge in [-0.1, -0.05) is 6.07 Å². The first kappa shape index (κ1) is 14.3. The highest BCUT2D eigenvalue weighted by atomic mass is 35.5. The number of nitrogens with one attached hydrogen (secondary N) is 2. The molecule has 1 heterocycles. The van der Waals surface area contributed by atoms with Gasteiger partial charge >= 0.3 is 0 Å². The number of aryl methyl sites for hydroxylation is 1. The van der Waals surface area contributed by atoms with Gasteiger partial charge in [0, 0.05) is 6.54 Å². The summed E-state index contributed by atoms with van der Waals surface area (Å²) in [5, 5.41) is 6.22. The lowest BCUT2D eigenvalue weighted by Gasteiger charge is -2.11. The number of aromatic nitrogens is 3. The van der Waals surface area contributed by atoms with Crippen LogP contribution in [0.1, 0.15) is 12.5 Å². The van der Waals surface area contributed by atoms with E-state index >= 15 is 0 Å². The highest BCUT2D eigenvalue weighted by Crippen LogP contribution is 2.27. The van der Waals surface area contributed by atoms with Crippen LogP contribution in [0.25, 0.3) is 0 Å². The smallest absolute Gasteiger partial charge is 0.233 e. The van der Waals surface area contributed by atoms with Crippen LogP contribution in [0.2, 0.25) is 5.28 Å². The van der Waals surface area contributed by atoms with E-state index in [1.807, 2.05) is 32.0 Å². The largest absolute Gasteiger partial charge is 0.495 e. The minimum absolute atomic E-state index is 0.130. The Labute approximate surface area is 122 Å². The predicted octanol–water partition coefficient (Wildman–Crippen LogP) is 3.02. The van der Waals surface area contributed by atoms with E-state index in [0.29, 0.717) is 24.2 Å². The van der Waals surface area contributed by atoms with Gasteiger partial charge in [-0.25, -0.2) is 0 Å². The van der Waals surface area contributed by atoms with Gasteiger partial charge in [0.2, 0.25) is 17.2 Å². The number of halogens is 1. The van der Waals surface area contributed by atoms with Crippen molar-refractivity contribution in [3.05, 3.63) is 29.0 Å².